The zero-order valence-corrected chi connectivity index (χ0v) is 11.5. The molecule has 1 heterocycles. The van der Waals surface area contributed by atoms with Crippen LogP contribution >= 0.6 is 0 Å². The normalized spacial score (nSPS) is 11.4. The molecule has 22 heavy (non-hydrogen) atoms. The number of nitrogens with zero attached hydrogens (tertiary/aromatic N) is 6. The van der Waals surface area contributed by atoms with Gasteiger partial charge in [0, 0.05) is 5.56 Å². The van der Waals surface area contributed by atoms with Gasteiger partial charge >= 0.3 is 0 Å². The summed E-state index contributed by atoms with van der Waals surface area (Å²) in [6.45, 7) is 0. The monoisotopic (exact) mass is 286 g/mol. The summed E-state index contributed by atoms with van der Waals surface area (Å²) in [5.74, 6) is 0. The van der Waals surface area contributed by atoms with Crippen molar-refractivity contribution in [3.63, 3.8) is 0 Å². The lowest BCUT2D eigenvalue weighted by Gasteiger charge is -2.17. The van der Waals surface area contributed by atoms with Crippen LogP contribution in [0.4, 0.5) is 0 Å². The molecule has 1 unspecified atom stereocenters. The lowest BCUT2D eigenvalue weighted by molar-refractivity contribution is 0.504. The highest BCUT2D eigenvalue weighted by molar-refractivity contribution is 5.45. The van der Waals surface area contributed by atoms with Crippen LogP contribution in [0.25, 0.3) is 0 Å². The van der Waals surface area contributed by atoms with Crippen LogP contribution in [0.1, 0.15) is 28.3 Å². The van der Waals surface area contributed by atoms with Gasteiger partial charge in [-0.25, -0.2) is 0 Å². The summed E-state index contributed by atoms with van der Waals surface area (Å²) in [5.41, 5.74) is 2.78. The van der Waals surface area contributed by atoms with Gasteiger partial charge in [0.15, 0.2) is 6.33 Å². The van der Waals surface area contributed by atoms with E-state index in [-0.39, 0.29) is 6.04 Å². The fourth-order valence-corrected chi connectivity index (χ4v) is 2.31. The summed E-state index contributed by atoms with van der Waals surface area (Å²) in [6.07, 6.45) is 1.35. The maximum Gasteiger partial charge on any atom is 0.162 e. The maximum atomic E-state index is 9.34. The van der Waals surface area contributed by atoms with Gasteiger partial charge in [0.25, 0.3) is 0 Å². The number of rotatable bonds is 3. The van der Waals surface area contributed by atoms with E-state index in [1.54, 1.807) is 18.2 Å². The van der Waals surface area contributed by atoms with E-state index in [9.17, 15) is 5.26 Å². The second kappa shape index (κ2) is 5.86. The highest BCUT2D eigenvalue weighted by Crippen LogP contribution is 2.27. The second-order valence-electron chi connectivity index (χ2n) is 4.59. The van der Waals surface area contributed by atoms with Crippen LogP contribution < -0.4 is 0 Å². The Balaban J connectivity index is 2.17. The summed E-state index contributed by atoms with van der Waals surface area (Å²) in [5, 5.41) is 30.1. The van der Waals surface area contributed by atoms with E-state index in [0.29, 0.717) is 11.1 Å². The Morgan fingerprint density at radius 2 is 1.73 bits per heavy atom. The molecule has 0 spiro atoms. The molecular formula is C16H10N6. The third kappa shape index (κ3) is 2.41. The lowest BCUT2D eigenvalue weighted by Crippen LogP contribution is -2.16. The first-order valence-corrected chi connectivity index (χ1v) is 6.55. The predicted octanol–water partition coefficient (Wildman–Crippen LogP) is 2.05. The molecule has 0 fully saturated rings. The van der Waals surface area contributed by atoms with E-state index < -0.39 is 0 Å². The summed E-state index contributed by atoms with van der Waals surface area (Å²) < 4.78 is 0. The lowest BCUT2D eigenvalue weighted by atomic mass is 9.95. The summed E-state index contributed by atoms with van der Waals surface area (Å²) in [7, 11) is 0. The molecule has 0 saturated carbocycles. The molecule has 0 saturated heterocycles. The molecule has 0 aliphatic heterocycles. The van der Waals surface area contributed by atoms with E-state index in [1.165, 1.54) is 11.1 Å². The zero-order chi connectivity index (χ0) is 15.4. The standard InChI is InChI=1S/C16H10N6/c17-9-12-5-7-13(8-6-12)16(22-20-11-19-21-22)15-4-2-1-3-14(15)10-18/h1-8,11,16H. The molecule has 1 aromatic heterocycles. The Kier molecular flexibility index (Phi) is 3.59. The van der Waals surface area contributed by atoms with Gasteiger partial charge in [-0.05, 0) is 29.0 Å². The Morgan fingerprint density at radius 3 is 2.36 bits per heavy atom. The maximum absolute atomic E-state index is 9.34. The molecule has 0 bridgehead atoms. The van der Waals surface area contributed by atoms with Gasteiger partial charge in [-0.1, -0.05) is 30.3 Å². The van der Waals surface area contributed by atoms with Crippen molar-refractivity contribution in [3.8, 4) is 12.1 Å². The first-order valence-electron chi connectivity index (χ1n) is 6.55. The van der Waals surface area contributed by atoms with Crippen molar-refractivity contribution in [2.75, 3.05) is 0 Å². The predicted molar refractivity (Wildman–Crippen MR) is 77.4 cm³/mol. The molecule has 0 N–H and O–H groups in total. The molecule has 3 rings (SSSR count). The van der Waals surface area contributed by atoms with Gasteiger partial charge < -0.3 is 0 Å². The van der Waals surface area contributed by atoms with Crippen LogP contribution in [-0.4, -0.2) is 20.2 Å². The number of tetrazole rings is 1. The minimum Gasteiger partial charge on any atom is -0.192 e. The molecule has 0 radical (unpaired) electrons. The number of hydrogen-bond donors (Lipinski definition) is 0. The molecular weight excluding hydrogens is 276 g/mol. The van der Waals surface area contributed by atoms with Crippen molar-refractivity contribution in [2.45, 2.75) is 6.04 Å². The molecule has 0 amide bonds. The van der Waals surface area contributed by atoms with E-state index in [0.717, 1.165) is 11.1 Å². The average molecular weight is 286 g/mol. The first kappa shape index (κ1) is 13.5. The van der Waals surface area contributed by atoms with Crippen molar-refractivity contribution in [1.82, 2.24) is 20.2 Å². The number of hydrogen-bond acceptors (Lipinski definition) is 5. The Morgan fingerprint density at radius 1 is 0.955 bits per heavy atom. The van der Waals surface area contributed by atoms with Crippen LogP contribution in [0.2, 0.25) is 0 Å². The molecule has 6 heteroatoms. The minimum absolute atomic E-state index is 0.369. The molecule has 3 aromatic rings. The Bertz CT molecular complexity index is 853. The topological polar surface area (TPSA) is 91.2 Å². The Labute approximate surface area is 126 Å². The average Bonchev–Trinajstić information content (AvgIpc) is 3.10. The van der Waals surface area contributed by atoms with Gasteiger partial charge in [0.2, 0.25) is 0 Å². The van der Waals surface area contributed by atoms with Crippen LogP contribution in [0.15, 0.2) is 54.9 Å². The van der Waals surface area contributed by atoms with Crippen molar-refractivity contribution in [1.29, 1.82) is 10.5 Å². The quantitative estimate of drug-likeness (QED) is 0.734. The van der Waals surface area contributed by atoms with Crippen LogP contribution in [0.5, 0.6) is 0 Å². The fraction of sp³-hybridized carbons (Fsp3) is 0.0625. The highest BCUT2D eigenvalue weighted by Gasteiger charge is 2.21. The van der Waals surface area contributed by atoms with Crippen LogP contribution in [0.3, 0.4) is 0 Å². The third-order valence-electron chi connectivity index (χ3n) is 3.33. The number of aromatic nitrogens is 4. The molecule has 0 aliphatic carbocycles. The molecule has 104 valence electrons. The zero-order valence-electron chi connectivity index (χ0n) is 11.5. The van der Waals surface area contributed by atoms with E-state index in [1.807, 2.05) is 30.3 Å². The van der Waals surface area contributed by atoms with Gasteiger partial charge in [-0.3, -0.25) is 0 Å². The molecule has 1 atom stereocenters. The molecule has 2 aromatic carbocycles. The Hall–Kier alpha value is -3.51. The number of nitriles is 2. The first-order chi connectivity index (χ1) is 10.8. The minimum atomic E-state index is -0.369. The molecule has 6 nitrogen and oxygen atoms in total. The smallest absolute Gasteiger partial charge is 0.162 e. The van der Waals surface area contributed by atoms with E-state index in [4.69, 9.17) is 5.26 Å². The number of benzene rings is 2. The summed E-state index contributed by atoms with van der Waals surface area (Å²) in [6, 6.07) is 18.3. The van der Waals surface area contributed by atoms with Crippen molar-refractivity contribution in [2.24, 2.45) is 0 Å². The second-order valence-corrected chi connectivity index (χ2v) is 4.59. The van der Waals surface area contributed by atoms with Crippen molar-refractivity contribution < 1.29 is 0 Å². The van der Waals surface area contributed by atoms with Gasteiger partial charge in [0.05, 0.1) is 23.3 Å². The van der Waals surface area contributed by atoms with E-state index in [2.05, 4.69) is 27.5 Å². The summed E-state index contributed by atoms with van der Waals surface area (Å²) >= 11 is 0. The van der Waals surface area contributed by atoms with Gasteiger partial charge in [-0.2, -0.15) is 15.3 Å². The van der Waals surface area contributed by atoms with Crippen molar-refractivity contribution in [3.05, 3.63) is 77.1 Å². The van der Waals surface area contributed by atoms with Crippen LogP contribution in [0, 0.1) is 22.7 Å². The van der Waals surface area contributed by atoms with Crippen LogP contribution in [-0.2, 0) is 0 Å². The van der Waals surface area contributed by atoms with E-state index >= 15 is 0 Å². The largest absolute Gasteiger partial charge is 0.192 e. The highest BCUT2D eigenvalue weighted by atomic mass is 15.6. The summed E-state index contributed by atoms with van der Waals surface area (Å²) in [4.78, 5) is 1.46. The SMILES string of the molecule is N#Cc1ccc(C(c2ccccc2C#N)n2ncnn2)cc1. The van der Waals surface area contributed by atoms with Gasteiger partial charge in [0.1, 0.15) is 6.04 Å². The molecule has 0 aliphatic rings. The fourth-order valence-electron chi connectivity index (χ4n) is 2.31. The van der Waals surface area contributed by atoms with Gasteiger partial charge in [-0.15, -0.1) is 10.2 Å². The van der Waals surface area contributed by atoms with Crippen molar-refractivity contribution >= 4 is 0 Å². The third-order valence-corrected chi connectivity index (χ3v) is 3.33.